The molecular weight excluding hydrogens is 238 g/mol. The van der Waals surface area contributed by atoms with Gasteiger partial charge in [-0.25, -0.2) is 4.98 Å². The zero-order chi connectivity index (χ0) is 13.7. The minimum atomic E-state index is 0.755. The first-order valence-electron chi connectivity index (χ1n) is 6.65. The van der Waals surface area contributed by atoms with E-state index < -0.39 is 0 Å². The SMILES string of the molecule is CCCNc1cc(N(C)Cc2ccc(C)o2)ccn1. The smallest absolute Gasteiger partial charge is 0.127 e. The summed E-state index contributed by atoms with van der Waals surface area (Å²) >= 11 is 0. The molecule has 0 bridgehead atoms. The van der Waals surface area contributed by atoms with Gasteiger partial charge in [-0.05, 0) is 31.5 Å². The molecule has 0 radical (unpaired) electrons. The average molecular weight is 259 g/mol. The fraction of sp³-hybridized carbons (Fsp3) is 0.400. The Morgan fingerprint density at radius 3 is 2.84 bits per heavy atom. The van der Waals surface area contributed by atoms with Crippen LogP contribution in [-0.4, -0.2) is 18.6 Å². The van der Waals surface area contributed by atoms with Crippen LogP contribution in [0, 0.1) is 6.92 Å². The van der Waals surface area contributed by atoms with Crippen LogP contribution >= 0.6 is 0 Å². The molecule has 4 nitrogen and oxygen atoms in total. The maximum absolute atomic E-state index is 5.60. The van der Waals surface area contributed by atoms with Crippen molar-refractivity contribution in [3.63, 3.8) is 0 Å². The minimum Gasteiger partial charge on any atom is -0.464 e. The van der Waals surface area contributed by atoms with E-state index in [1.807, 2.05) is 31.3 Å². The van der Waals surface area contributed by atoms with Crippen LogP contribution in [0.15, 0.2) is 34.9 Å². The van der Waals surface area contributed by atoms with Gasteiger partial charge in [0.15, 0.2) is 0 Å². The van der Waals surface area contributed by atoms with E-state index in [4.69, 9.17) is 4.42 Å². The Bertz CT molecular complexity index is 522. The van der Waals surface area contributed by atoms with E-state index >= 15 is 0 Å². The van der Waals surface area contributed by atoms with E-state index in [9.17, 15) is 0 Å². The zero-order valence-corrected chi connectivity index (χ0v) is 11.8. The van der Waals surface area contributed by atoms with Crippen LogP contribution in [0.25, 0.3) is 0 Å². The number of nitrogens with one attached hydrogen (secondary N) is 1. The van der Waals surface area contributed by atoms with Gasteiger partial charge in [-0.3, -0.25) is 0 Å². The predicted molar refractivity (Wildman–Crippen MR) is 78.6 cm³/mol. The number of pyridine rings is 1. The quantitative estimate of drug-likeness (QED) is 0.862. The predicted octanol–water partition coefficient (Wildman–Crippen LogP) is 3.44. The van der Waals surface area contributed by atoms with Crippen LogP contribution in [0.4, 0.5) is 11.5 Å². The topological polar surface area (TPSA) is 41.3 Å². The lowest BCUT2D eigenvalue weighted by molar-refractivity contribution is 0.482. The molecule has 4 heteroatoms. The van der Waals surface area contributed by atoms with Crippen LogP contribution in [0.3, 0.4) is 0 Å². The minimum absolute atomic E-state index is 0.755. The Morgan fingerprint density at radius 1 is 1.32 bits per heavy atom. The van der Waals surface area contributed by atoms with Crippen LogP contribution in [-0.2, 0) is 6.54 Å². The lowest BCUT2D eigenvalue weighted by atomic mass is 10.3. The molecule has 0 saturated carbocycles. The van der Waals surface area contributed by atoms with Crippen molar-refractivity contribution >= 4 is 11.5 Å². The summed E-state index contributed by atoms with van der Waals surface area (Å²) < 4.78 is 5.60. The lowest BCUT2D eigenvalue weighted by Crippen LogP contribution is -2.16. The van der Waals surface area contributed by atoms with Crippen molar-refractivity contribution in [2.45, 2.75) is 26.8 Å². The summed E-state index contributed by atoms with van der Waals surface area (Å²) in [5, 5.41) is 3.30. The highest BCUT2D eigenvalue weighted by Crippen LogP contribution is 2.19. The highest BCUT2D eigenvalue weighted by Gasteiger charge is 2.06. The van der Waals surface area contributed by atoms with Crippen molar-refractivity contribution in [1.29, 1.82) is 0 Å². The molecule has 0 aromatic carbocycles. The van der Waals surface area contributed by atoms with Crippen LogP contribution in [0.2, 0.25) is 0 Å². The van der Waals surface area contributed by atoms with Gasteiger partial charge in [0.2, 0.25) is 0 Å². The number of aryl methyl sites for hydroxylation is 1. The van der Waals surface area contributed by atoms with Crippen molar-refractivity contribution in [3.05, 3.63) is 42.0 Å². The van der Waals surface area contributed by atoms with Gasteiger partial charge in [0, 0.05) is 31.5 Å². The maximum Gasteiger partial charge on any atom is 0.127 e. The third kappa shape index (κ3) is 3.74. The molecule has 0 saturated heterocycles. The molecule has 0 aliphatic carbocycles. The number of nitrogens with zero attached hydrogens (tertiary/aromatic N) is 2. The van der Waals surface area contributed by atoms with Gasteiger partial charge in [-0.15, -0.1) is 0 Å². The molecule has 0 atom stereocenters. The molecule has 102 valence electrons. The fourth-order valence-electron chi connectivity index (χ4n) is 1.90. The normalized spacial score (nSPS) is 10.5. The van der Waals surface area contributed by atoms with Gasteiger partial charge < -0.3 is 14.6 Å². The number of rotatable bonds is 6. The van der Waals surface area contributed by atoms with E-state index in [1.54, 1.807) is 0 Å². The van der Waals surface area contributed by atoms with E-state index in [0.29, 0.717) is 0 Å². The Hall–Kier alpha value is -1.97. The van der Waals surface area contributed by atoms with E-state index in [2.05, 4.69) is 35.2 Å². The fourth-order valence-corrected chi connectivity index (χ4v) is 1.90. The summed E-state index contributed by atoms with van der Waals surface area (Å²) in [5.41, 5.74) is 1.13. The second-order valence-electron chi connectivity index (χ2n) is 4.69. The lowest BCUT2D eigenvalue weighted by Gasteiger charge is -2.18. The second kappa shape index (κ2) is 6.27. The van der Waals surface area contributed by atoms with Gasteiger partial charge in [-0.2, -0.15) is 0 Å². The molecule has 0 fully saturated rings. The Morgan fingerprint density at radius 2 is 2.16 bits per heavy atom. The van der Waals surface area contributed by atoms with E-state index in [0.717, 1.165) is 42.5 Å². The second-order valence-corrected chi connectivity index (χ2v) is 4.69. The van der Waals surface area contributed by atoms with Gasteiger partial charge in [0.25, 0.3) is 0 Å². The maximum atomic E-state index is 5.60. The standard InChI is InChI=1S/C15H21N3O/c1-4-8-16-15-10-13(7-9-17-15)18(3)11-14-6-5-12(2)19-14/h5-7,9-10H,4,8,11H2,1-3H3,(H,16,17). The van der Waals surface area contributed by atoms with Gasteiger partial charge in [0.05, 0.1) is 6.54 Å². The van der Waals surface area contributed by atoms with E-state index in [1.165, 1.54) is 0 Å². The van der Waals surface area contributed by atoms with Crippen molar-refractivity contribution in [2.75, 3.05) is 23.8 Å². The number of hydrogen-bond acceptors (Lipinski definition) is 4. The molecule has 0 amide bonds. The molecule has 19 heavy (non-hydrogen) atoms. The van der Waals surface area contributed by atoms with Gasteiger partial charge >= 0.3 is 0 Å². The van der Waals surface area contributed by atoms with Crippen molar-refractivity contribution in [2.24, 2.45) is 0 Å². The Balaban J connectivity index is 2.03. The summed E-state index contributed by atoms with van der Waals surface area (Å²) in [6, 6.07) is 8.08. The molecule has 0 aliphatic heterocycles. The molecule has 0 spiro atoms. The van der Waals surface area contributed by atoms with Gasteiger partial charge in [0.1, 0.15) is 17.3 Å². The molecular formula is C15H21N3O. The number of furan rings is 1. The summed E-state index contributed by atoms with van der Waals surface area (Å²) in [6.45, 7) is 5.80. The Kier molecular flexibility index (Phi) is 4.44. The van der Waals surface area contributed by atoms with E-state index in [-0.39, 0.29) is 0 Å². The summed E-state index contributed by atoms with van der Waals surface area (Å²) in [4.78, 5) is 6.46. The summed E-state index contributed by atoms with van der Waals surface area (Å²) in [7, 11) is 2.05. The van der Waals surface area contributed by atoms with Crippen molar-refractivity contribution in [1.82, 2.24) is 4.98 Å². The zero-order valence-electron chi connectivity index (χ0n) is 11.8. The average Bonchev–Trinajstić information content (AvgIpc) is 2.82. The van der Waals surface area contributed by atoms with Gasteiger partial charge in [-0.1, -0.05) is 6.92 Å². The number of anilines is 2. The third-order valence-electron chi connectivity index (χ3n) is 2.93. The Labute approximate surface area is 114 Å². The summed E-state index contributed by atoms with van der Waals surface area (Å²) in [5.74, 6) is 2.84. The largest absolute Gasteiger partial charge is 0.464 e. The molecule has 2 aromatic rings. The summed E-state index contributed by atoms with van der Waals surface area (Å²) in [6.07, 6.45) is 2.92. The molecule has 2 aromatic heterocycles. The first-order valence-corrected chi connectivity index (χ1v) is 6.65. The van der Waals surface area contributed by atoms with Crippen LogP contribution in [0.5, 0.6) is 0 Å². The first kappa shape index (κ1) is 13.5. The highest BCUT2D eigenvalue weighted by molar-refractivity contribution is 5.53. The number of hydrogen-bond donors (Lipinski definition) is 1. The molecule has 0 unspecified atom stereocenters. The third-order valence-corrected chi connectivity index (χ3v) is 2.93. The number of aromatic nitrogens is 1. The molecule has 0 aliphatic rings. The van der Waals surface area contributed by atoms with Crippen LogP contribution < -0.4 is 10.2 Å². The van der Waals surface area contributed by atoms with Crippen molar-refractivity contribution in [3.8, 4) is 0 Å². The molecule has 2 heterocycles. The van der Waals surface area contributed by atoms with Crippen molar-refractivity contribution < 1.29 is 4.42 Å². The highest BCUT2D eigenvalue weighted by atomic mass is 16.3. The molecule has 2 rings (SSSR count). The monoisotopic (exact) mass is 259 g/mol. The molecule has 1 N–H and O–H groups in total. The first-order chi connectivity index (χ1) is 9.19. The van der Waals surface area contributed by atoms with Crippen LogP contribution in [0.1, 0.15) is 24.9 Å².